The van der Waals surface area contributed by atoms with Gasteiger partial charge in [0.2, 0.25) is 5.91 Å². The van der Waals surface area contributed by atoms with Gasteiger partial charge in [-0.3, -0.25) is 9.78 Å². The van der Waals surface area contributed by atoms with Crippen LogP contribution in [0.3, 0.4) is 0 Å². The van der Waals surface area contributed by atoms with E-state index in [4.69, 9.17) is 4.74 Å². The molecule has 0 atom stereocenters. The average Bonchev–Trinajstić information content (AvgIpc) is 2.67. The smallest absolute Gasteiger partial charge is 0.250 e. The number of amides is 1. The Kier molecular flexibility index (Phi) is 6.08. The molecule has 0 saturated heterocycles. The maximum absolute atomic E-state index is 12.1. The number of pyridine rings is 1. The zero-order valence-corrected chi connectivity index (χ0v) is 16.3. The molecule has 2 aromatic carbocycles. The second-order valence-corrected chi connectivity index (χ2v) is 7.15. The minimum atomic E-state index is -0.153. The quantitative estimate of drug-likeness (QED) is 0.398. The van der Waals surface area contributed by atoms with Crippen molar-refractivity contribution in [3.05, 3.63) is 65.4 Å². The number of hydrogen-bond donors (Lipinski definition) is 1. The van der Waals surface area contributed by atoms with Gasteiger partial charge < -0.3 is 4.74 Å². The Balaban J connectivity index is 1.61. The number of nitrogens with one attached hydrogen (secondary N) is 1. The van der Waals surface area contributed by atoms with E-state index in [1.807, 2.05) is 56.3 Å². The summed E-state index contributed by atoms with van der Waals surface area (Å²) in [4.78, 5) is 17.7. The van der Waals surface area contributed by atoms with Crippen LogP contribution in [-0.2, 0) is 4.79 Å². The minimum Gasteiger partial charge on any atom is -0.497 e. The summed E-state index contributed by atoms with van der Waals surface area (Å²) in [5, 5.41) is 5.08. The van der Waals surface area contributed by atoms with Crippen LogP contribution < -0.4 is 10.2 Å². The number of nitrogens with zero attached hydrogens (tertiary/aromatic N) is 2. The molecule has 0 radical (unpaired) electrons. The number of hydrogen-bond acceptors (Lipinski definition) is 5. The predicted octanol–water partition coefficient (Wildman–Crippen LogP) is 4.10. The average molecular weight is 379 g/mol. The Labute approximate surface area is 162 Å². The number of carbonyl (C=O) groups is 1. The summed E-state index contributed by atoms with van der Waals surface area (Å²) < 4.78 is 5.11. The lowest BCUT2D eigenvalue weighted by atomic mass is 10.1. The first-order chi connectivity index (χ1) is 13.0. The van der Waals surface area contributed by atoms with Crippen molar-refractivity contribution in [3.63, 3.8) is 0 Å². The molecule has 5 nitrogen and oxygen atoms in total. The first-order valence-corrected chi connectivity index (χ1v) is 9.50. The summed E-state index contributed by atoms with van der Waals surface area (Å²) in [6, 6.07) is 15.6. The molecule has 3 aromatic rings. The fraction of sp³-hybridized carbons (Fsp3) is 0.190. The van der Waals surface area contributed by atoms with E-state index in [-0.39, 0.29) is 11.7 Å². The van der Waals surface area contributed by atoms with E-state index in [9.17, 15) is 4.79 Å². The van der Waals surface area contributed by atoms with Gasteiger partial charge in [-0.1, -0.05) is 11.6 Å². The largest absolute Gasteiger partial charge is 0.497 e. The van der Waals surface area contributed by atoms with Gasteiger partial charge in [0.05, 0.1) is 24.6 Å². The molecule has 0 aliphatic rings. The fourth-order valence-electron chi connectivity index (χ4n) is 2.60. The van der Waals surface area contributed by atoms with Gasteiger partial charge in [0.25, 0.3) is 0 Å². The van der Waals surface area contributed by atoms with Gasteiger partial charge >= 0.3 is 0 Å². The molecule has 0 saturated carbocycles. The van der Waals surface area contributed by atoms with Crippen LogP contribution in [0.5, 0.6) is 5.75 Å². The highest BCUT2D eigenvalue weighted by Crippen LogP contribution is 2.28. The third kappa shape index (κ3) is 5.08. The van der Waals surface area contributed by atoms with Gasteiger partial charge in [-0.15, -0.1) is 11.8 Å². The Morgan fingerprint density at radius 1 is 1.19 bits per heavy atom. The van der Waals surface area contributed by atoms with Crippen molar-refractivity contribution in [1.82, 2.24) is 10.4 Å². The third-order valence-corrected chi connectivity index (χ3v) is 4.99. The first-order valence-electron chi connectivity index (χ1n) is 8.52. The topological polar surface area (TPSA) is 63.6 Å². The van der Waals surface area contributed by atoms with Crippen molar-refractivity contribution in [1.29, 1.82) is 0 Å². The third-order valence-electron chi connectivity index (χ3n) is 3.93. The van der Waals surface area contributed by atoms with Gasteiger partial charge in [-0.05, 0) is 61.9 Å². The molecule has 1 heterocycles. The number of benzene rings is 2. The van der Waals surface area contributed by atoms with Crippen molar-refractivity contribution in [2.75, 3.05) is 12.9 Å². The van der Waals surface area contributed by atoms with E-state index in [1.54, 1.807) is 13.3 Å². The molecule has 138 valence electrons. The van der Waals surface area contributed by atoms with E-state index in [2.05, 4.69) is 21.6 Å². The lowest BCUT2D eigenvalue weighted by Gasteiger charge is -2.08. The van der Waals surface area contributed by atoms with Gasteiger partial charge in [0.15, 0.2) is 0 Å². The van der Waals surface area contributed by atoms with Crippen molar-refractivity contribution in [2.45, 2.75) is 18.7 Å². The van der Waals surface area contributed by atoms with E-state index >= 15 is 0 Å². The van der Waals surface area contributed by atoms with Crippen LogP contribution in [0.15, 0.2) is 58.5 Å². The van der Waals surface area contributed by atoms with E-state index in [0.717, 1.165) is 32.8 Å². The van der Waals surface area contributed by atoms with Crippen molar-refractivity contribution in [3.8, 4) is 5.75 Å². The van der Waals surface area contributed by atoms with Crippen LogP contribution >= 0.6 is 11.8 Å². The Morgan fingerprint density at radius 2 is 1.96 bits per heavy atom. The van der Waals surface area contributed by atoms with Crippen LogP contribution in [0.4, 0.5) is 0 Å². The molecule has 0 bridgehead atoms. The number of ether oxygens (including phenoxy) is 1. The Hall–Kier alpha value is -2.86. The van der Waals surface area contributed by atoms with Crippen LogP contribution in [-0.4, -0.2) is 30.0 Å². The number of methoxy groups -OCH3 is 1. The van der Waals surface area contributed by atoms with Gasteiger partial charge in [0, 0.05) is 16.0 Å². The summed E-state index contributed by atoms with van der Waals surface area (Å²) in [5.74, 6) is 0.912. The van der Waals surface area contributed by atoms with E-state index < -0.39 is 0 Å². The van der Waals surface area contributed by atoms with Crippen molar-refractivity contribution in [2.24, 2.45) is 5.10 Å². The molecule has 1 N–H and O–H groups in total. The number of aryl methyl sites for hydroxylation is 2. The molecule has 6 heteroatoms. The number of hydrazone groups is 1. The summed E-state index contributed by atoms with van der Waals surface area (Å²) in [7, 11) is 1.62. The van der Waals surface area contributed by atoms with Crippen LogP contribution in [0.25, 0.3) is 10.9 Å². The zero-order chi connectivity index (χ0) is 19.2. The van der Waals surface area contributed by atoms with Crippen LogP contribution in [0.2, 0.25) is 0 Å². The van der Waals surface area contributed by atoms with Crippen LogP contribution in [0.1, 0.15) is 16.8 Å². The molecular weight excluding hydrogens is 358 g/mol. The highest BCUT2D eigenvalue weighted by Gasteiger charge is 2.08. The number of carbonyl (C=O) groups excluding carboxylic acids is 1. The first kappa shape index (κ1) is 18.9. The maximum Gasteiger partial charge on any atom is 0.250 e. The standard InChI is InChI=1S/C21H21N3O2S/c1-14-4-9-19-18(10-14)20(11-15(2)23-19)27-13-21(25)24-22-12-16-5-7-17(26-3)8-6-16/h4-12H,13H2,1-3H3,(H,24,25). The molecule has 3 rings (SSSR count). The Morgan fingerprint density at radius 3 is 2.70 bits per heavy atom. The van der Waals surface area contributed by atoms with Crippen molar-refractivity contribution < 1.29 is 9.53 Å². The molecule has 1 aromatic heterocycles. The fourth-order valence-corrected chi connectivity index (χ4v) is 3.52. The molecular formula is C21H21N3O2S. The van der Waals surface area contributed by atoms with Crippen molar-refractivity contribution >= 4 is 34.8 Å². The molecule has 0 aliphatic heterocycles. The molecule has 0 spiro atoms. The monoisotopic (exact) mass is 379 g/mol. The lowest BCUT2D eigenvalue weighted by Crippen LogP contribution is -2.19. The summed E-state index contributed by atoms with van der Waals surface area (Å²) in [6.45, 7) is 4.01. The second-order valence-electron chi connectivity index (χ2n) is 6.14. The number of thioether (sulfide) groups is 1. The van der Waals surface area contributed by atoms with Gasteiger partial charge in [-0.25, -0.2) is 5.43 Å². The van der Waals surface area contributed by atoms with Gasteiger partial charge in [-0.2, -0.15) is 5.10 Å². The number of rotatable bonds is 6. The number of fused-ring (bicyclic) bond motifs is 1. The predicted molar refractivity (Wildman–Crippen MR) is 111 cm³/mol. The number of aromatic nitrogens is 1. The van der Waals surface area contributed by atoms with E-state index in [0.29, 0.717) is 0 Å². The summed E-state index contributed by atoms with van der Waals surface area (Å²) >= 11 is 1.49. The highest BCUT2D eigenvalue weighted by molar-refractivity contribution is 8.00. The SMILES string of the molecule is COc1ccc(C=NNC(=O)CSc2cc(C)nc3ccc(C)cc23)cc1. The molecule has 27 heavy (non-hydrogen) atoms. The normalized spacial score (nSPS) is 11.1. The Bertz CT molecular complexity index is 985. The minimum absolute atomic E-state index is 0.153. The van der Waals surface area contributed by atoms with E-state index in [1.165, 1.54) is 17.3 Å². The maximum atomic E-state index is 12.1. The van der Waals surface area contributed by atoms with Gasteiger partial charge in [0.1, 0.15) is 5.75 Å². The molecule has 0 fully saturated rings. The lowest BCUT2D eigenvalue weighted by molar-refractivity contribution is -0.118. The summed E-state index contributed by atoms with van der Waals surface area (Å²) in [6.07, 6.45) is 1.61. The second kappa shape index (κ2) is 8.68. The molecule has 0 aliphatic carbocycles. The van der Waals surface area contributed by atoms with Crippen LogP contribution in [0, 0.1) is 13.8 Å². The summed E-state index contributed by atoms with van der Waals surface area (Å²) in [5.41, 5.74) is 6.50. The molecule has 0 unspecified atom stereocenters. The molecule has 1 amide bonds. The zero-order valence-electron chi connectivity index (χ0n) is 15.5. The highest BCUT2D eigenvalue weighted by atomic mass is 32.2.